The number of imidazole rings is 1. The smallest absolute Gasteiger partial charge is 0.183 e. The van der Waals surface area contributed by atoms with Crippen LogP contribution in [0.1, 0.15) is 41.5 Å². The van der Waals surface area contributed by atoms with E-state index in [2.05, 4.69) is 21.5 Å². The fourth-order valence-corrected chi connectivity index (χ4v) is 2.51. The summed E-state index contributed by atoms with van der Waals surface area (Å²) in [5, 5.41) is 3.96. The topological polar surface area (TPSA) is 60.7 Å². The van der Waals surface area contributed by atoms with Crippen LogP contribution in [0, 0.1) is 0 Å². The molecule has 2 heterocycles. The number of rotatable bonds is 6. The molecule has 2 aromatic rings. The van der Waals surface area contributed by atoms with Crippen LogP contribution in [0.15, 0.2) is 12.4 Å². The molecule has 18 heavy (non-hydrogen) atoms. The Hall–Kier alpha value is -1.56. The quantitative estimate of drug-likeness (QED) is 0.750. The SMILES string of the molecule is CCCn1ccnc1CC(=O)c1snnc1CC. The van der Waals surface area contributed by atoms with Crippen LogP contribution in [0.4, 0.5) is 0 Å². The lowest BCUT2D eigenvalue weighted by atomic mass is 10.2. The second-order valence-electron chi connectivity index (χ2n) is 4.04. The Kier molecular flexibility index (Phi) is 4.19. The van der Waals surface area contributed by atoms with Crippen molar-refractivity contribution in [1.82, 2.24) is 19.1 Å². The highest BCUT2D eigenvalue weighted by atomic mass is 32.1. The van der Waals surface area contributed by atoms with Gasteiger partial charge in [-0.05, 0) is 24.4 Å². The summed E-state index contributed by atoms with van der Waals surface area (Å²) in [6.07, 6.45) is 5.74. The van der Waals surface area contributed by atoms with E-state index in [4.69, 9.17) is 0 Å². The monoisotopic (exact) mass is 264 g/mol. The van der Waals surface area contributed by atoms with Gasteiger partial charge in [-0.3, -0.25) is 4.79 Å². The Morgan fingerprint density at radius 1 is 1.44 bits per heavy atom. The molecule has 0 saturated heterocycles. The van der Waals surface area contributed by atoms with Crippen molar-refractivity contribution >= 4 is 17.3 Å². The zero-order chi connectivity index (χ0) is 13.0. The highest BCUT2D eigenvalue weighted by Gasteiger charge is 2.17. The van der Waals surface area contributed by atoms with Gasteiger partial charge in [-0.25, -0.2) is 4.98 Å². The van der Waals surface area contributed by atoms with Crippen molar-refractivity contribution in [3.8, 4) is 0 Å². The average molecular weight is 264 g/mol. The Labute approximate surface area is 110 Å². The minimum absolute atomic E-state index is 0.0606. The molecule has 0 radical (unpaired) electrons. The predicted molar refractivity (Wildman–Crippen MR) is 69.8 cm³/mol. The van der Waals surface area contributed by atoms with Crippen LogP contribution >= 0.6 is 11.5 Å². The van der Waals surface area contributed by atoms with Crippen LogP contribution in [0.3, 0.4) is 0 Å². The molecule has 2 rings (SSSR count). The second-order valence-corrected chi connectivity index (χ2v) is 4.79. The minimum atomic E-state index is 0.0606. The molecule has 6 heteroatoms. The summed E-state index contributed by atoms with van der Waals surface area (Å²) in [6, 6.07) is 0. The number of nitrogens with zero attached hydrogens (tertiary/aromatic N) is 4. The highest BCUT2D eigenvalue weighted by molar-refractivity contribution is 7.08. The van der Waals surface area contributed by atoms with Crippen molar-refractivity contribution in [2.75, 3.05) is 0 Å². The van der Waals surface area contributed by atoms with Gasteiger partial charge in [0.05, 0.1) is 12.1 Å². The van der Waals surface area contributed by atoms with Gasteiger partial charge in [-0.1, -0.05) is 18.3 Å². The van der Waals surface area contributed by atoms with Crippen molar-refractivity contribution in [3.05, 3.63) is 28.8 Å². The fraction of sp³-hybridized carbons (Fsp3) is 0.500. The molecule has 0 unspecified atom stereocenters. The molecule has 96 valence electrons. The first-order valence-corrected chi connectivity index (χ1v) is 6.88. The van der Waals surface area contributed by atoms with E-state index >= 15 is 0 Å². The van der Waals surface area contributed by atoms with E-state index in [1.165, 1.54) is 11.5 Å². The van der Waals surface area contributed by atoms with Gasteiger partial charge < -0.3 is 4.57 Å². The summed E-state index contributed by atoms with van der Waals surface area (Å²) in [7, 11) is 0. The zero-order valence-electron chi connectivity index (χ0n) is 10.6. The number of aromatic nitrogens is 4. The van der Waals surface area contributed by atoms with Crippen molar-refractivity contribution in [3.63, 3.8) is 0 Å². The lowest BCUT2D eigenvalue weighted by Crippen LogP contribution is -2.10. The van der Waals surface area contributed by atoms with Crippen molar-refractivity contribution in [2.45, 2.75) is 39.7 Å². The molecule has 0 N–H and O–H groups in total. The fourth-order valence-electron chi connectivity index (χ4n) is 1.83. The van der Waals surface area contributed by atoms with E-state index in [-0.39, 0.29) is 5.78 Å². The number of hydrogen-bond donors (Lipinski definition) is 0. The highest BCUT2D eigenvalue weighted by Crippen LogP contribution is 2.14. The molecule has 0 bridgehead atoms. The molecule has 0 aliphatic rings. The van der Waals surface area contributed by atoms with Crippen molar-refractivity contribution in [2.24, 2.45) is 0 Å². The molecule has 0 aromatic carbocycles. The molecule has 0 amide bonds. The molecule has 0 spiro atoms. The Morgan fingerprint density at radius 2 is 2.28 bits per heavy atom. The summed E-state index contributed by atoms with van der Waals surface area (Å²) in [4.78, 5) is 17.1. The van der Waals surface area contributed by atoms with Gasteiger partial charge in [0.1, 0.15) is 10.7 Å². The normalized spacial score (nSPS) is 10.8. The summed E-state index contributed by atoms with van der Waals surface area (Å²) in [6.45, 7) is 4.98. The third kappa shape index (κ3) is 2.64. The van der Waals surface area contributed by atoms with Gasteiger partial charge in [0.2, 0.25) is 0 Å². The minimum Gasteiger partial charge on any atom is -0.335 e. The zero-order valence-corrected chi connectivity index (χ0v) is 11.4. The average Bonchev–Trinajstić information content (AvgIpc) is 2.98. The van der Waals surface area contributed by atoms with Crippen molar-refractivity contribution in [1.29, 1.82) is 0 Å². The summed E-state index contributed by atoms with van der Waals surface area (Å²) >= 11 is 1.18. The predicted octanol–water partition coefficient (Wildman–Crippen LogP) is 2.13. The van der Waals surface area contributed by atoms with Crippen LogP contribution < -0.4 is 0 Å². The maximum atomic E-state index is 12.2. The maximum absolute atomic E-state index is 12.2. The molecule has 0 saturated carbocycles. The van der Waals surface area contributed by atoms with E-state index in [0.717, 1.165) is 30.9 Å². The van der Waals surface area contributed by atoms with E-state index in [9.17, 15) is 4.79 Å². The van der Waals surface area contributed by atoms with E-state index in [1.807, 2.05) is 17.7 Å². The standard InChI is InChI=1S/C12H16N4OS/c1-3-6-16-7-5-13-11(16)8-10(17)12-9(4-2)14-15-18-12/h5,7H,3-4,6,8H2,1-2H3. The molecule has 0 aliphatic carbocycles. The summed E-state index contributed by atoms with van der Waals surface area (Å²) < 4.78 is 5.87. The Balaban J connectivity index is 2.14. The number of Topliss-reactive ketones (excluding diaryl/α,β-unsaturated/α-hetero) is 1. The molecule has 2 aromatic heterocycles. The van der Waals surface area contributed by atoms with E-state index in [0.29, 0.717) is 11.3 Å². The lowest BCUT2D eigenvalue weighted by Gasteiger charge is -2.04. The molecule has 0 fully saturated rings. The van der Waals surface area contributed by atoms with Gasteiger partial charge in [-0.2, -0.15) is 0 Å². The van der Waals surface area contributed by atoms with Crippen molar-refractivity contribution < 1.29 is 4.79 Å². The number of carbonyl (C=O) groups excluding carboxylic acids is 1. The van der Waals surface area contributed by atoms with Crippen LogP contribution in [-0.2, 0) is 19.4 Å². The van der Waals surface area contributed by atoms with Crippen LogP contribution in [0.2, 0.25) is 0 Å². The molecule has 5 nitrogen and oxygen atoms in total. The van der Waals surface area contributed by atoms with Gasteiger partial charge in [0.25, 0.3) is 0 Å². The van der Waals surface area contributed by atoms with Crippen LogP contribution in [0.5, 0.6) is 0 Å². The Morgan fingerprint density at radius 3 is 3.00 bits per heavy atom. The first-order valence-electron chi connectivity index (χ1n) is 6.10. The molecular weight excluding hydrogens is 248 g/mol. The maximum Gasteiger partial charge on any atom is 0.183 e. The molecular formula is C12H16N4OS. The van der Waals surface area contributed by atoms with E-state index < -0.39 is 0 Å². The largest absolute Gasteiger partial charge is 0.335 e. The van der Waals surface area contributed by atoms with Crippen LogP contribution in [-0.4, -0.2) is 24.9 Å². The second kappa shape index (κ2) is 5.86. The third-order valence-electron chi connectivity index (χ3n) is 2.73. The first kappa shape index (κ1) is 12.9. The van der Waals surface area contributed by atoms with E-state index in [1.54, 1.807) is 6.20 Å². The van der Waals surface area contributed by atoms with Crippen LogP contribution in [0.25, 0.3) is 0 Å². The summed E-state index contributed by atoms with van der Waals surface area (Å²) in [5.41, 5.74) is 0.790. The van der Waals surface area contributed by atoms with Gasteiger partial charge in [0.15, 0.2) is 5.78 Å². The number of hydrogen-bond acceptors (Lipinski definition) is 5. The molecule has 0 atom stereocenters. The third-order valence-corrected chi connectivity index (χ3v) is 3.54. The number of aryl methyl sites for hydroxylation is 2. The Bertz CT molecular complexity index is 532. The molecule has 0 aliphatic heterocycles. The first-order chi connectivity index (χ1) is 8.76. The van der Waals surface area contributed by atoms with Gasteiger partial charge in [0, 0.05) is 18.9 Å². The van der Waals surface area contributed by atoms with Gasteiger partial charge in [-0.15, -0.1) is 5.10 Å². The number of ketones is 1. The van der Waals surface area contributed by atoms with Gasteiger partial charge >= 0.3 is 0 Å². The number of carbonyl (C=O) groups is 1. The lowest BCUT2D eigenvalue weighted by molar-refractivity contribution is 0.0992. The summed E-state index contributed by atoms with van der Waals surface area (Å²) in [5.74, 6) is 0.878.